The van der Waals surface area contributed by atoms with Crippen LogP contribution in [-0.4, -0.2) is 29.9 Å². The maximum absolute atomic E-state index is 12.4. The summed E-state index contributed by atoms with van der Waals surface area (Å²) in [4.78, 5) is 35.1. The topological polar surface area (TPSA) is 69.7 Å². The van der Waals surface area contributed by atoms with Crippen molar-refractivity contribution in [3.63, 3.8) is 0 Å². The molecule has 5 nitrogen and oxygen atoms in total. The lowest BCUT2D eigenvalue weighted by molar-refractivity contribution is -0.156. The van der Waals surface area contributed by atoms with Crippen LogP contribution >= 0.6 is 0 Å². The number of hydrogen-bond donors (Lipinski definition) is 0. The summed E-state index contributed by atoms with van der Waals surface area (Å²) in [6.07, 6.45) is 9.48. The second-order valence-corrected chi connectivity index (χ2v) is 9.28. The van der Waals surface area contributed by atoms with E-state index in [9.17, 15) is 14.4 Å². The number of hydrogen-bond acceptors (Lipinski definition) is 5. The Hall–Kier alpha value is -1.65. The Labute approximate surface area is 168 Å². The van der Waals surface area contributed by atoms with E-state index >= 15 is 0 Å². The van der Waals surface area contributed by atoms with Crippen LogP contribution in [0, 0.1) is 23.2 Å². The molecule has 0 radical (unpaired) electrons. The average Bonchev–Trinajstić information content (AvgIpc) is 3.16. The summed E-state index contributed by atoms with van der Waals surface area (Å²) < 4.78 is 11.0. The first-order valence-electron chi connectivity index (χ1n) is 10.7. The van der Waals surface area contributed by atoms with Gasteiger partial charge in [0.25, 0.3) is 0 Å². The molecule has 6 atom stereocenters. The molecule has 156 valence electrons. The Morgan fingerprint density at radius 1 is 1.07 bits per heavy atom. The first kappa shape index (κ1) is 21.1. The highest BCUT2D eigenvalue weighted by Crippen LogP contribution is 2.58. The van der Waals surface area contributed by atoms with Gasteiger partial charge in [-0.05, 0) is 57.3 Å². The third-order valence-corrected chi connectivity index (χ3v) is 7.47. The van der Waals surface area contributed by atoms with Crippen molar-refractivity contribution < 1.29 is 23.9 Å². The Balaban J connectivity index is 1.67. The molecule has 0 aliphatic heterocycles. The zero-order valence-electron chi connectivity index (χ0n) is 17.7. The summed E-state index contributed by atoms with van der Waals surface area (Å²) in [6.45, 7) is 6.93. The van der Waals surface area contributed by atoms with Crippen LogP contribution < -0.4 is 0 Å². The largest absolute Gasteiger partial charge is 0.462 e. The molecule has 2 saturated carbocycles. The van der Waals surface area contributed by atoms with E-state index in [-0.39, 0.29) is 35.5 Å². The van der Waals surface area contributed by atoms with Gasteiger partial charge in [-0.2, -0.15) is 0 Å². The fraction of sp³-hybridized carbons (Fsp3) is 0.783. The molecule has 0 amide bonds. The number of carbonyl (C=O) groups excluding carboxylic acids is 3. The Bertz CT molecular complexity index is 666. The molecule has 3 rings (SSSR count). The first-order chi connectivity index (χ1) is 13.2. The maximum atomic E-state index is 12.4. The molecule has 0 spiro atoms. The quantitative estimate of drug-likeness (QED) is 0.497. The minimum atomic E-state index is -0.221. The third-order valence-electron chi connectivity index (χ3n) is 7.47. The van der Waals surface area contributed by atoms with Crippen molar-refractivity contribution >= 4 is 17.7 Å². The maximum Gasteiger partial charge on any atom is 0.302 e. The van der Waals surface area contributed by atoms with E-state index in [1.807, 2.05) is 0 Å². The smallest absolute Gasteiger partial charge is 0.302 e. The van der Waals surface area contributed by atoms with Crippen molar-refractivity contribution in [1.29, 1.82) is 0 Å². The van der Waals surface area contributed by atoms with E-state index in [1.165, 1.54) is 19.4 Å². The normalized spacial score (nSPS) is 37.1. The van der Waals surface area contributed by atoms with Crippen LogP contribution in [0.25, 0.3) is 0 Å². The van der Waals surface area contributed by atoms with Crippen LogP contribution in [0.4, 0.5) is 0 Å². The van der Waals surface area contributed by atoms with Gasteiger partial charge in [0, 0.05) is 38.0 Å². The fourth-order valence-electron chi connectivity index (χ4n) is 6.18. The lowest BCUT2D eigenvalue weighted by atomic mass is 9.58. The fourth-order valence-corrected chi connectivity index (χ4v) is 6.18. The van der Waals surface area contributed by atoms with E-state index < -0.39 is 0 Å². The number of fused-ring (bicyclic) bond motifs is 1. The number of ether oxygens (including phenoxy) is 2. The van der Waals surface area contributed by atoms with Gasteiger partial charge in [-0.1, -0.05) is 18.6 Å². The van der Waals surface area contributed by atoms with Crippen LogP contribution in [-0.2, 0) is 23.9 Å². The molecule has 5 heteroatoms. The van der Waals surface area contributed by atoms with E-state index in [2.05, 4.69) is 13.0 Å². The number of rotatable bonds is 6. The van der Waals surface area contributed by atoms with Gasteiger partial charge < -0.3 is 9.47 Å². The molecule has 3 aliphatic carbocycles. The van der Waals surface area contributed by atoms with Crippen molar-refractivity contribution in [3.05, 3.63) is 11.6 Å². The van der Waals surface area contributed by atoms with Crippen molar-refractivity contribution in [1.82, 2.24) is 0 Å². The number of esters is 2. The molecule has 1 unspecified atom stereocenters. The average molecular weight is 391 g/mol. The van der Waals surface area contributed by atoms with Gasteiger partial charge in [0.1, 0.15) is 18.0 Å². The predicted molar refractivity (Wildman–Crippen MR) is 105 cm³/mol. The van der Waals surface area contributed by atoms with Gasteiger partial charge in [-0.15, -0.1) is 0 Å². The van der Waals surface area contributed by atoms with E-state index in [0.29, 0.717) is 17.6 Å². The molecule has 2 fully saturated rings. The molecule has 0 aromatic carbocycles. The number of Topliss-reactive ketones (excluding diaryl/α,β-unsaturated/α-hetero) is 1. The minimum absolute atomic E-state index is 0.0208. The standard InChI is InChI=1S/C23H34O5/c1-14(24)19-11-12-23(4)21(9-10-22(23)28-16(3)26)20(19)8-6-17-5-7-18(13-17)27-15(2)25/h5,18-22H,6-13H2,1-4H3/t18-,19+,20+,21?,22-,23-/m0/s1. The van der Waals surface area contributed by atoms with Gasteiger partial charge >= 0.3 is 11.9 Å². The second-order valence-electron chi connectivity index (χ2n) is 9.28. The summed E-state index contributed by atoms with van der Waals surface area (Å²) >= 11 is 0. The predicted octanol–water partition coefficient (Wildman–Crippen LogP) is 4.38. The summed E-state index contributed by atoms with van der Waals surface area (Å²) in [5, 5.41) is 0. The lowest BCUT2D eigenvalue weighted by Gasteiger charge is -2.47. The van der Waals surface area contributed by atoms with E-state index in [4.69, 9.17) is 9.47 Å². The van der Waals surface area contributed by atoms with Crippen LogP contribution in [0.5, 0.6) is 0 Å². The SMILES string of the molecule is CC(=O)O[C@H]1CC=C(CC[C@H]2C3CC[C@H](OC(C)=O)[C@@]3(C)CC[C@@H]2C(C)=O)C1. The Morgan fingerprint density at radius 2 is 1.79 bits per heavy atom. The zero-order chi connectivity index (χ0) is 20.5. The van der Waals surface area contributed by atoms with Crippen molar-refractivity contribution in [2.75, 3.05) is 0 Å². The summed E-state index contributed by atoms with van der Waals surface area (Å²) in [5.74, 6) is 0.740. The minimum Gasteiger partial charge on any atom is -0.462 e. The molecule has 0 bridgehead atoms. The highest BCUT2D eigenvalue weighted by atomic mass is 16.5. The molecule has 0 heterocycles. The van der Waals surface area contributed by atoms with Gasteiger partial charge in [0.05, 0.1) is 0 Å². The molecular weight excluding hydrogens is 356 g/mol. The summed E-state index contributed by atoms with van der Waals surface area (Å²) in [7, 11) is 0. The van der Waals surface area contributed by atoms with E-state index in [0.717, 1.165) is 51.4 Å². The third kappa shape index (κ3) is 4.33. The van der Waals surface area contributed by atoms with Crippen LogP contribution in [0.3, 0.4) is 0 Å². The van der Waals surface area contributed by atoms with E-state index in [1.54, 1.807) is 6.92 Å². The highest BCUT2D eigenvalue weighted by Gasteiger charge is 2.55. The Morgan fingerprint density at radius 3 is 2.43 bits per heavy atom. The highest BCUT2D eigenvalue weighted by molar-refractivity contribution is 5.78. The van der Waals surface area contributed by atoms with Crippen molar-refractivity contribution in [3.8, 4) is 0 Å². The van der Waals surface area contributed by atoms with Crippen molar-refractivity contribution in [2.24, 2.45) is 23.2 Å². The van der Waals surface area contributed by atoms with Gasteiger partial charge in [-0.3, -0.25) is 14.4 Å². The molecule has 28 heavy (non-hydrogen) atoms. The van der Waals surface area contributed by atoms with Gasteiger partial charge in [0.15, 0.2) is 0 Å². The van der Waals surface area contributed by atoms with Crippen LogP contribution in [0.2, 0.25) is 0 Å². The van der Waals surface area contributed by atoms with Gasteiger partial charge in [-0.25, -0.2) is 0 Å². The summed E-state index contributed by atoms with van der Waals surface area (Å²) in [6, 6.07) is 0. The molecular formula is C23H34O5. The van der Waals surface area contributed by atoms with Crippen molar-refractivity contribution in [2.45, 2.75) is 91.3 Å². The molecule has 0 aromatic heterocycles. The van der Waals surface area contributed by atoms with Crippen LogP contribution in [0.1, 0.15) is 79.1 Å². The number of ketones is 1. The molecule has 0 aromatic rings. The Kier molecular flexibility index (Phi) is 6.31. The monoisotopic (exact) mass is 390 g/mol. The lowest BCUT2D eigenvalue weighted by Crippen LogP contribution is -2.46. The molecule has 3 aliphatic rings. The molecule has 0 saturated heterocycles. The second kappa shape index (κ2) is 8.38. The first-order valence-corrected chi connectivity index (χ1v) is 10.7. The number of carbonyl (C=O) groups is 3. The zero-order valence-corrected chi connectivity index (χ0v) is 17.7. The molecule has 0 N–H and O–H groups in total. The van der Waals surface area contributed by atoms with Gasteiger partial charge in [0.2, 0.25) is 0 Å². The summed E-state index contributed by atoms with van der Waals surface area (Å²) in [5.41, 5.74) is 1.32. The van der Waals surface area contributed by atoms with Crippen LogP contribution in [0.15, 0.2) is 11.6 Å².